The molecule has 0 unspecified atom stereocenters. The van der Waals surface area contributed by atoms with Gasteiger partial charge in [0.2, 0.25) is 5.75 Å². The van der Waals surface area contributed by atoms with Crippen LogP contribution < -0.4 is 5.32 Å². The number of rotatable bonds is 4. The third-order valence-electron chi connectivity index (χ3n) is 2.80. The summed E-state index contributed by atoms with van der Waals surface area (Å²) < 4.78 is 1.84. The number of benzene rings is 1. The van der Waals surface area contributed by atoms with Crippen LogP contribution >= 0.6 is 0 Å². The lowest BCUT2D eigenvalue weighted by molar-refractivity contribution is -0.385. The zero-order chi connectivity index (χ0) is 14.7. The fraction of sp³-hybridized carbons (Fsp3) is 0.154. The van der Waals surface area contributed by atoms with E-state index in [1.165, 1.54) is 12.1 Å². The number of para-hydroxylation sites is 1. The Hall–Kier alpha value is -2.83. The summed E-state index contributed by atoms with van der Waals surface area (Å²) in [4.78, 5) is 21.9. The zero-order valence-corrected chi connectivity index (χ0v) is 10.7. The average molecular weight is 275 g/mol. The van der Waals surface area contributed by atoms with Crippen molar-refractivity contribution in [3.8, 4) is 5.75 Å². The van der Waals surface area contributed by atoms with Crippen LogP contribution in [-0.4, -0.2) is 20.5 Å². The molecule has 0 fully saturated rings. The number of phenols is 1. The van der Waals surface area contributed by atoms with E-state index in [1.807, 2.05) is 30.1 Å². The van der Waals surface area contributed by atoms with Crippen LogP contribution in [0.3, 0.4) is 0 Å². The van der Waals surface area contributed by atoms with Crippen LogP contribution in [-0.2, 0) is 13.6 Å². The maximum absolute atomic E-state index is 11.9. The number of carbonyl (C=O) groups is 1. The molecule has 0 bridgehead atoms. The maximum atomic E-state index is 11.9. The largest absolute Gasteiger partial charge is 0.502 e. The molecule has 1 aromatic heterocycles. The minimum absolute atomic E-state index is 0.116. The normalized spacial score (nSPS) is 10.2. The van der Waals surface area contributed by atoms with Gasteiger partial charge in [-0.1, -0.05) is 6.07 Å². The highest BCUT2D eigenvalue weighted by molar-refractivity contribution is 5.98. The van der Waals surface area contributed by atoms with Gasteiger partial charge < -0.3 is 15.0 Å². The molecule has 0 saturated carbocycles. The van der Waals surface area contributed by atoms with Crippen LogP contribution in [0.1, 0.15) is 15.9 Å². The van der Waals surface area contributed by atoms with Crippen molar-refractivity contribution in [1.29, 1.82) is 0 Å². The van der Waals surface area contributed by atoms with Gasteiger partial charge in [-0.3, -0.25) is 14.9 Å². The van der Waals surface area contributed by atoms with Crippen molar-refractivity contribution in [3.63, 3.8) is 0 Å². The van der Waals surface area contributed by atoms with E-state index < -0.39 is 22.3 Å². The lowest BCUT2D eigenvalue weighted by Crippen LogP contribution is -2.22. The Balaban J connectivity index is 2.13. The van der Waals surface area contributed by atoms with Gasteiger partial charge in [0, 0.05) is 32.1 Å². The molecule has 0 aliphatic rings. The second kappa shape index (κ2) is 5.43. The number of nitro benzene ring substituents is 1. The van der Waals surface area contributed by atoms with Crippen LogP contribution in [0.25, 0.3) is 0 Å². The van der Waals surface area contributed by atoms with E-state index in [4.69, 9.17) is 0 Å². The second-order valence-electron chi connectivity index (χ2n) is 4.30. The molecule has 7 heteroatoms. The number of carbonyl (C=O) groups excluding carboxylic acids is 1. The molecule has 0 radical (unpaired) electrons. The van der Waals surface area contributed by atoms with Gasteiger partial charge in [-0.05, 0) is 17.7 Å². The minimum atomic E-state index is -0.733. The van der Waals surface area contributed by atoms with E-state index in [-0.39, 0.29) is 12.1 Å². The summed E-state index contributed by atoms with van der Waals surface area (Å²) in [7, 11) is 1.86. The Kier molecular flexibility index (Phi) is 3.69. The van der Waals surface area contributed by atoms with Crippen LogP contribution in [0.2, 0.25) is 0 Å². The first-order valence-electron chi connectivity index (χ1n) is 5.84. The first kappa shape index (κ1) is 13.6. The molecule has 1 amide bonds. The summed E-state index contributed by atoms with van der Waals surface area (Å²) in [6, 6.07) is 5.68. The van der Waals surface area contributed by atoms with Gasteiger partial charge in [0.05, 0.1) is 10.5 Å². The molecule has 2 aromatic rings. The van der Waals surface area contributed by atoms with Crippen LogP contribution in [0.4, 0.5) is 5.69 Å². The van der Waals surface area contributed by atoms with Crippen LogP contribution in [0, 0.1) is 10.1 Å². The molecule has 2 N–H and O–H groups in total. The molecule has 1 heterocycles. The third-order valence-corrected chi connectivity index (χ3v) is 2.80. The van der Waals surface area contributed by atoms with Crippen molar-refractivity contribution in [2.45, 2.75) is 6.54 Å². The number of amides is 1. The molecule has 104 valence electrons. The van der Waals surface area contributed by atoms with Gasteiger partial charge >= 0.3 is 5.69 Å². The minimum Gasteiger partial charge on any atom is -0.502 e. The lowest BCUT2D eigenvalue weighted by Gasteiger charge is -2.06. The van der Waals surface area contributed by atoms with E-state index in [0.29, 0.717) is 0 Å². The Morgan fingerprint density at radius 1 is 1.45 bits per heavy atom. The van der Waals surface area contributed by atoms with E-state index in [1.54, 1.807) is 0 Å². The third kappa shape index (κ3) is 2.77. The molecule has 0 spiro atoms. The Labute approximate surface area is 114 Å². The van der Waals surface area contributed by atoms with E-state index in [2.05, 4.69) is 5.32 Å². The fourth-order valence-electron chi connectivity index (χ4n) is 1.80. The molecule has 0 aliphatic carbocycles. The summed E-state index contributed by atoms with van der Waals surface area (Å²) in [6.07, 6.45) is 3.68. The Morgan fingerprint density at radius 2 is 2.20 bits per heavy atom. The number of hydrogen-bond acceptors (Lipinski definition) is 4. The summed E-state index contributed by atoms with van der Waals surface area (Å²) in [5.74, 6) is -1.18. The number of phenolic OH excluding ortho intramolecular Hbond substituents is 1. The first-order valence-corrected chi connectivity index (χ1v) is 5.84. The summed E-state index contributed by atoms with van der Waals surface area (Å²) >= 11 is 0. The number of aryl methyl sites for hydroxylation is 1. The Bertz CT molecular complexity index is 663. The fourth-order valence-corrected chi connectivity index (χ4v) is 1.80. The molecular formula is C13H13N3O4. The highest BCUT2D eigenvalue weighted by Gasteiger charge is 2.20. The number of aromatic nitrogens is 1. The van der Waals surface area contributed by atoms with Crippen molar-refractivity contribution >= 4 is 11.6 Å². The smallest absolute Gasteiger partial charge is 0.311 e. The van der Waals surface area contributed by atoms with Crippen molar-refractivity contribution in [3.05, 3.63) is 57.9 Å². The second-order valence-corrected chi connectivity index (χ2v) is 4.30. The SMILES string of the molecule is Cn1ccc(CNC(=O)c2cccc([N+](=O)[O-])c2O)c1. The van der Waals surface area contributed by atoms with Crippen molar-refractivity contribution in [2.75, 3.05) is 0 Å². The lowest BCUT2D eigenvalue weighted by atomic mass is 10.1. The van der Waals surface area contributed by atoms with Crippen molar-refractivity contribution in [2.24, 2.45) is 7.05 Å². The number of nitrogens with zero attached hydrogens (tertiary/aromatic N) is 2. The topological polar surface area (TPSA) is 97.4 Å². The monoisotopic (exact) mass is 275 g/mol. The molecule has 0 saturated heterocycles. The van der Waals surface area contributed by atoms with Crippen molar-refractivity contribution < 1.29 is 14.8 Å². The average Bonchev–Trinajstić information content (AvgIpc) is 2.81. The van der Waals surface area contributed by atoms with Crippen LogP contribution in [0.15, 0.2) is 36.7 Å². The van der Waals surface area contributed by atoms with E-state index in [0.717, 1.165) is 11.6 Å². The van der Waals surface area contributed by atoms with Gasteiger partial charge in [0.25, 0.3) is 5.91 Å². The quantitative estimate of drug-likeness (QED) is 0.653. The molecule has 0 aliphatic heterocycles. The van der Waals surface area contributed by atoms with E-state index in [9.17, 15) is 20.0 Å². The standard InChI is InChI=1S/C13H13N3O4/c1-15-6-5-9(8-15)7-14-13(18)10-3-2-4-11(12(10)17)16(19)20/h2-6,8,17H,7H2,1H3,(H,14,18). The highest BCUT2D eigenvalue weighted by atomic mass is 16.6. The number of aromatic hydroxyl groups is 1. The maximum Gasteiger partial charge on any atom is 0.311 e. The molecule has 20 heavy (non-hydrogen) atoms. The summed E-state index contributed by atoms with van der Waals surface area (Å²) in [5, 5.41) is 23.0. The first-order chi connectivity index (χ1) is 9.49. The molecule has 1 aromatic carbocycles. The predicted molar refractivity (Wildman–Crippen MR) is 71.3 cm³/mol. The molecule has 2 rings (SSSR count). The Morgan fingerprint density at radius 3 is 2.80 bits per heavy atom. The van der Waals surface area contributed by atoms with Crippen LogP contribution in [0.5, 0.6) is 5.75 Å². The van der Waals surface area contributed by atoms with Gasteiger partial charge in [0.15, 0.2) is 0 Å². The van der Waals surface area contributed by atoms with E-state index >= 15 is 0 Å². The predicted octanol–water partition coefficient (Wildman–Crippen LogP) is 1.57. The van der Waals surface area contributed by atoms with Crippen molar-refractivity contribution in [1.82, 2.24) is 9.88 Å². The number of nitro groups is 1. The molecular weight excluding hydrogens is 262 g/mol. The van der Waals surface area contributed by atoms with Gasteiger partial charge in [-0.15, -0.1) is 0 Å². The summed E-state index contributed by atoms with van der Waals surface area (Å²) in [6.45, 7) is 0.280. The van der Waals surface area contributed by atoms with Gasteiger partial charge in [-0.25, -0.2) is 0 Å². The zero-order valence-electron chi connectivity index (χ0n) is 10.7. The summed E-state index contributed by atoms with van der Waals surface area (Å²) in [5.41, 5.74) is 0.290. The van der Waals surface area contributed by atoms with Gasteiger partial charge in [-0.2, -0.15) is 0 Å². The van der Waals surface area contributed by atoms with Gasteiger partial charge in [0.1, 0.15) is 0 Å². The molecule has 7 nitrogen and oxygen atoms in total. The number of hydrogen-bond donors (Lipinski definition) is 2. The highest BCUT2D eigenvalue weighted by Crippen LogP contribution is 2.29. The molecule has 0 atom stereocenters. The number of nitrogens with one attached hydrogen (secondary N) is 1.